The van der Waals surface area contributed by atoms with Crippen LogP contribution in [-0.2, 0) is 6.67 Å². The number of quaternary nitrogens is 1. The number of ketones is 1. The van der Waals surface area contributed by atoms with E-state index in [1.807, 2.05) is 59.3 Å². The van der Waals surface area contributed by atoms with Crippen LogP contribution in [0.1, 0.15) is 17.3 Å². The number of rotatable bonds is 6. The van der Waals surface area contributed by atoms with Crippen LogP contribution in [0.2, 0.25) is 0 Å². The van der Waals surface area contributed by atoms with Crippen LogP contribution >= 0.6 is 12.2 Å². The summed E-state index contributed by atoms with van der Waals surface area (Å²) in [7, 11) is 1.67. The van der Waals surface area contributed by atoms with Crippen LogP contribution in [0.25, 0.3) is 5.69 Å². The van der Waals surface area contributed by atoms with Gasteiger partial charge >= 0.3 is 0 Å². The molecule has 1 aliphatic heterocycles. The molecule has 3 aromatic rings. The van der Waals surface area contributed by atoms with E-state index in [1.54, 1.807) is 14.0 Å². The van der Waals surface area contributed by atoms with E-state index in [9.17, 15) is 4.79 Å². The molecule has 2 heterocycles. The molecule has 0 bridgehead atoms. The predicted molar refractivity (Wildman–Crippen MR) is 121 cm³/mol. The molecule has 0 unspecified atom stereocenters. The minimum atomic E-state index is 0.105. The van der Waals surface area contributed by atoms with Crippen molar-refractivity contribution in [1.82, 2.24) is 9.13 Å². The molecule has 0 spiro atoms. The van der Waals surface area contributed by atoms with E-state index in [2.05, 4.69) is 15.7 Å². The predicted octanol–water partition coefficient (Wildman–Crippen LogP) is 2.58. The molecule has 4 rings (SSSR count). The van der Waals surface area contributed by atoms with E-state index in [0.29, 0.717) is 0 Å². The number of anilines is 1. The Morgan fingerprint density at radius 1 is 1.07 bits per heavy atom. The van der Waals surface area contributed by atoms with Gasteiger partial charge in [0, 0.05) is 29.7 Å². The fourth-order valence-electron chi connectivity index (χ4n) is 3.88. The Morgan fingerprint density at radius 3 is 2.47 bits per heavy atom. The molecule has 1 fully saturated rings. The summed E-state index contributed by atoms with van der Waals surface area (Å²) in [5.74, 6) is 0.925. The van der Waals surface area contributed by atoms with Gasteiger partial charge in [-0.15, -0.1) is 0 Å². The number of benzene rings is 2. The lowest BCUT2D eigenvalue weighted by Gasteiger charge is -2.33. The minimum Gasteiger partial charge on any atom is -0.497 e. The molecular formula is C23H27N4O2S+. The number of piperazine rings is 1. The number of nitrogens with zero attached hydrogens (tertiary/aromatic N) is 3. The zero-order valence-corrected chi connectivity index (χ0v) is 18.2. The molecule has 1 aliphatic rings. The van der Waals surface area contributed by atoms with E-state index in [1.165, 1.54) is 10.6 Å². The summed E-state index contributed by atoms with van der Waals surface area (Å²) in [5.41, 5.74) is 2.95. The molecule has 1 saturated heterocycles. The molecular weight excluding hydrogens is 396 g/mol. The average Bonchev–Trinajstić information content (AvgIpc) is 3.14. The summed E-state index contributed by atoms with van der Waals surface area (Å²) in [6.45, 7) is 6.51. The van der Waals surface area contributed by atoms with Crippen LogP contribution in [0.15, 0.2) is 60.9 Å². The average molecular weight is 424 g/mol. The second-order valence-corrected chi connectivity index (χ2v) is 7.99. The molecule has 0 atom stereocenters. The molecule has 1 N–H and O–H groups in total. The van der Waals surface area contributed by atoms with Crippen LogP contribution in [0.3, 0.4) is 0 Å². The van der Waals surface area contributed by atoms with Gasteiger partial charge in [-0.05, 0) is 55.5 Å². The van der Waals surface area contributed by atoms with E-state index in [-0.39, 0.29) is 5.78 Å². The lowest BCUT2D eigenvalue weighted by Crippen LogP contribution is -3.14. The molecule has 0 radical (unpaired) electrons. The second kappa shape index (κ2) is 8.85. The molecule has 6 nitrogen and oxygen atoms in total. The lowest BCUT2D eigenvalue weighted by atomic mass is 10.1. The Morgan fingerprint density at radius 2 is 1.80 bits per heavy atom. The van der Waals surface area contributed by atoms with Crippen molar-refractivity contribution in [3.63, 3.8) is 0 Å². The van der Waals surface area contributed by atoms with Gasteiger partial charge in [0.15, 0.2) is 17.2 Å². The minimum absolute atomic E-state index is 0.105. The van der Waals surface area contributed by atoms with Crippen molar-refractivity contribution in [2.75, 3.05) is 38.2 Å². The molecule has 7 heteroatoms. The van der Waals surface area contributed by atoms with Crippen molar-refractivity contribution >= 4 is 23.7 Å². The van der Waals surface area contributed by atoms with Crippen LogP contribution in [0, 0.1) is 4.77 Å². The number of nitrogens with one attached hydrogen (secondary N) is 1. The highest BCUT2D eigenvalue weighted by molar-refractivity contribution is 7.71. The smallest absolute Gasteiger partial charge is 0.188 e. The monoisotopic (exact) mass is 423 g/mol. The maximum atomic E-state index is 11.5. The van der Waals surface area contributed by atoms with Crippen LogP contribution in [-0.4, -0.2) is 48.2 Å². The summed E-state index contributed by atoms with van der Waals surface area (Å²) in [6, 6.07) is 15.9. The molecule has 0 aliphatic carbocycles. The Kier molecular flexibility index (Phi) is 6.01. The zero-order chi connectivity index (χ0) is 21.1. The van der Waals surface area contributed by atoms with Gasteiger partial charge in [-0.2, -0.15) is 0 Å². The number of hydrogen-bond donors (Lipinski definition) is 1. The maximum absolute atomic E-state index is 11.5. The van der Waals surface area contributed by atoms with Crippen molar-refractivity contribution in [3.05, 3.63) is 71.3 Å². The van der Waals surface area contributed by atoms with Crippen LogP contribution in [0.5, 0.6) is 5.75 Å². The zero-order valence-electron chi connectivity index (χ0n) is 17.4. The summed E-state index contributed by atoms with van der Waals surface area (Å²) >= 11 is 5.72. The Balaban J connectivity index is 1.39. The van der Waals surface area contributed by atoms with Gasteiger partial charge in [-0.3, -0.25) is 13.9 Å². The van der Waals surface area contributed by atoms with E-state index >= 15 is 0 Å². The summed E-state index contributed by atoms with van der Waals surface area (Å²) < 4.78 is 10.3. The van der Waals surface area contributed by atoms with Gasteiger partial charge in [-0.1, -0.05) is 6.07 Å². The van der Waals surface area contributed by atoms with Crippen molar-refractivity contribution in [2.45, 2.75) is 13.6 Å². The standard InChI is InChI=1S/C23H26N4O2S/c1-18(28)19-6-8-20(9-7-19)25-12-10-24(11-13-25)17-26-14-15-27(23(26)30)21-4-3-5-22(16-21)29-2/h3-9,14-16H,10-13,17H2,1-2H3/p+1. The summed E-state index contributed by atoms with van der Waals surface area (Å²) in [5, 5.41) is 0. The first-order chi connectivity index (χ1) is 14.5. The first-order valence-corrected chi connectivity index (χ1v) is 10.6. The maximum Gasteiger partial charge on any atom is 0.188 e. The first-order valence-electron chi connectivity index (χ1n) is 10.2. The van der Waals surface area contributed by atoms with Gasteiger partial charge < -0.3 is 14.5 Å². The highest BCUT2D eigenvalue weighted by Gasteiger charge is 2.21. The number of Topliss-reactive ketones (excluding diaryl/α,β-unsaturated/α-hetero) is 1. The fourth-order valence-corrected chi connectivity index (χ4v) is 4.17. The van der Waals surface area contributed by atoms with Gasteiger partial charge in [0.25, 0.3) is 0 Å². The van der Waals surface area contributed by atoms with E-state index < -0.39 is 0 Å². The first kappa shape index (κ1) is 20.4. The number of carbonyl (C=O) groups excluding carboxylic acids is 1. The lowest BCUT2D eigenvalue weighted by molar-refractivity contribution is -0.923. The topological polar surface area (TPSA) is 43.8 Å². The molecule has 0 saturated carbocycles. The Labute approximate surface area is 181 Å². The number of carbonyl (C=O) groups is 1. The van der Waals surface area contributed by atoms with Gasteiger partial charge in [0.05, 0.1) is 39.0 Å². The summed E-state index contributed by atoms with van der Waals surface area (Å²) in [4.78, 5) is 15.4. The third-order valence-electron chi connectivity index (χ3n) is 5.68. The van der Waals surface area contributed by atoms with Crippen molar-refractivity contribution < 1.29 is 14.4 Å². The van der Waals surface area contributed by atoms with Crippen LogP contribution < -0.4 is 14.5 Å². The normalized spacial score (nSPS) is 14.7. The van der Waals surface area contributed by atoms with Gasteiger partial charge in [0.2, 0.25) is 0 Å². The molecule has 156 valence electrons. The number of ether oxygens (including phenoxy) is 1. The third kappa shape index (κ3) is 4.32. The second-order valence-electron chi connectivity index (χ2n) is 7.62. The van der Waals surface area contributed by atoms with Crippen molar-refractivity contribution in [3.8, 4) is 11.4 Å². The number of hydrogen-bond acceptors (Lipinski definition) is 4. The quantitative estimate of drug-likeness (QED) is 0.489. The van der Waals surface area contributed by atoms with Crippen molar-refractivity contribution in [1.29, 1.82) is 0 Å². The van der Waals surface area contributed by atoms with Gasteiger partial charge in [-0.25, -0.2) is 0 Å². The molecule has 30 heavy (non-hydrogen) atoms. The summed E-state index contributed by atoms with van der Waals surface area (Å²) in [6.07, 6.45) is 4.07. The molecule has 1 aromatic heterocycles. The van der Waals surface area contributed by atoms with E-state index in [4.69, 9.17) is 17.0 Å². The molecule has 2 aromatic carbocycles. The van der Waals surface area contributed by atoms with Gasteiger partial charge in [0.1, 0.15) is 5.75 Å². The Hall–Kier alpha value is -2.90. The number of aromatic nitrogens is 2. The largest absolute Gasteiger partial charge is 0.497 e. The molecule has 0 amide bonds. The van der Waals surface area contributed by atoms with Crippen molar-refractivity contribution in [2.24, 2.45) is 0 Å². The van der Waals surface area contributed by atoms with E-state index in [0.717, 1.165) is 54.6 Å². The Bertz CT molecular complexity index is 1080. The highest BCUT2D eigenvalue weighted by Crippen LogP contribution is 2.18. The highest BCUT2D eigenvalue weighted by atomic mass is 32.1. The number of methoxy groups -OCH3 is 1. The van der Waals surface area contributed by atoms with Crippen LogP contribution in [0.4, 0.5) is 5.69 Å². The third-order valence-corrected chi connectivity index (χ3v) is 6.11. The number of imidazole rings is 1. The SMILES string of the molecule is COc1cccc(-n2ccn(C[NH+]3CCN(c4ccc(C(C)=O)cc4)CC3)c2=S)c1. The fraction of sp³-hybridized carbons (Fsp3) is 0.304.